The molecule has 4 heteroatoms. The summed E-state index contributed by atoms with van der Waals surface area (Å²) in [5.41, 5.74) is 2.23. The number of hydrogen-bond acceptors (Lipinski definition) is 4. The summed E-state index contributed by atoms with van der Waals surface area (Å²) in [7, 11) is 0. The molecule has 1 fully saturated rings. The number of ether oxygens (including phenoxy) is 3. The molecule has 0 heterocycles. The summed E-state index contributed by atoms with van der Waals surface area (Å²) >= 11 is 0. The molecule has 168 valence electrons. The van der Waals surface area contributed by atoms with Gasteiger partial charge in [0.1, 0.15) is 6.29 Å². The maximum Gasteiger partial charge on any atom is 0.128 e. The van der Waals surface area contributed by atoms with Crippen LogP contribution in [0.5, 0.6) is 0 Å². The molecule has 4 atom stereocenters. The Morgan fingerprint density at radius 3 is 1.94 bits per heavy atom. The van der Waals surface area contributed by atoms with Crippen LogP contribution < -0.4 is 0 Å². The van der Waals surface area contributed by atoms with E-state index >= 15 is 0 Å². The molecule has 0 aromatic heterocycles. The second-order valence-electron chi connectivity index (χ2n) is 8.37. The smallest absolute Gasteiger partial charge is 0.128 e. The monoisotopic (exact) mass is 424 g/mol. The Morgan fingerprint density at radius 2 is 1.35 bits per heavy atom. The Bertz CT molecular complexity index is 733. The fourth-order valence-electron chi connectivity index (χ4n) is 4.19. The summed E-state index contributed by atoms with van der Waals surface area (Å²) in [5.74, 6) is -0.305. The highest BCUT2D eigenvalue weighted by Crippen LogP contribution is 2.34. The Hall–Kier alpha value is -2.01. The summed E-state index contributed by atoms with van der Waals surface area (Å²) in [6.07, 6.45) is 6.98. The van der Waals surface area contributed by atoms with Gasteiger partial charge in [0.05, 0.1) is 37.4 Å². The Kier molecular flexibility index (Phi) is 10.2. The number of unbranched alkanes of at least 4 members (excludes halogenated alkanes) is 4. The van der Waals surface area contributed by atoms with Crippen LogP contribution in [0.25, 0.3) is 0 Å². The van der Waals surface area contributed by atoms with E-state index in [4.69, 9.17) is 14.2 Å². The third-order valence-electron chi connectivity index (χ3n) is 5.97. The van der Waals surface area contributed by atoms with Crippen molar-refractivity contribution in [2.24, 2.45) is 5.92 Å². The van der Waals surface area contributed by atoms with Crippen molar-refractivity contribution in [1.29, 1.82) is 0 Å². The average molecular weight is 425 g/mol. The maximum atomic E-state index is 12.0. The number of rotatable bonds is 14. The molecule has 0 spiro atoms. The summed E-state index contributed by atoms with van der Waals surface area (Å²) < 4.78 is 18.7. The van der Waals surface area contributed by atoms with Crippen LogP contribution in [-0.4, -0.2) is 31.2 Å². The van der Waals surface area contributed by atoms with Crippen LogP contribution in [0.1, 0.15) is 56.6 Å². The lowest BCUT2D eigenvalue weighted by molar-refractivity contribution is -0.125. The van der Waals surface area contributed by atoms with Gasteiger partial charge in [0.25, 0.3) is 0 Å². The molecule has 1 aliphatic carbocycles. The number of carbonyl (C=O) groups excluding carboxylic acids is 1. The minimum absolute atomic E-state index is 0.146. The fraction of sp³-hybridized carbons (Fsp3) is 0.519. The molecule has 2 aromatic carbocycles. The van der Waals surface area contributed by atoms with Crippen molar-refractivity contribution in [3.05, 3.63) is 71.8 Å². The van der Waals surface area contributed by atoms with E-state index in [-0.39, 0.29) is 24.2 Å². The summed E-state index contributed by atoms with van der Waals surface area (Å²) in [6.45, 7) is 3.88. The molecule has 4 nitrogen and oxygen atoms in total. The summed E-state index contributed by atoms with van der Waals surface area (Å²) in [5, 5.41) is 0. The lowest BCUT2D eigenvalue weighted by Gasteiger charge is -2.23. The van der Waals surface area contributed by atoms with E-state index in [0.29, 0.717) is 26.2 Å². The van der Waals surface area contributed by atoms with Gasteiger partial charge >= 0.3 is 0 Å². The quantitative estimate of drug-likeness (QED) is 0.287. The largest absolute Gasteiger partial charge is 0.375 e. The summed E-state index contributed by atoms with van der Waals surface area (Å²) in [6, 6.07) is 20.2. The minimum Gasteiger partial charge on any atom is -0.375 e. The second kappa shape index (κ2) is 13.4. The molecular weight excluding hydrogens is 388 g/mol. The van der Waals surface area contributed by atoms with Crippen LogP contribution >= 0.6 is 0 Å². The molecule has 0 saturated heterocycles. The zero-order valence-corrected chi connectivity index (χ0v) is 18.7. The molecule has 0 bridgehead atoms. The number of aldehydes is 1. The van der Waals surface area contributed by atoms with Crippen molar-refractivity contribution in [3.63, 3.8) is 0 Å². The molecular formula is C27H36O4. The van der Waals surface area contributed by atoms with Gasteiger partial charge in [-0.25, -0.2) is 0 Å². The summed E-state index contributed by atoms with van der Waals surface area (Å²) in [4.78, 5) is 12.0. The highest BCUT2D eigenvalue weighted by Gasteiger charge is 2.45. The first-order chi connectivity index (χ1) is 15.3. The molecule has 31 heavy (non-hydrogen) atoms. The second-order valence-corrected chi connectivity index (χ2v) is 8.37. The van der Waals surface area contributed by atoms with Gasteiger partial charge in [-0.1, -0.05) is 93.3 Å². The lowest BCUT2D eigenvalue weighted by Crippen LogP contribution is -2.34. The van der Waals surface area contributed by atoms with Crippen LogP contribution in [0.3, 0.4) is 0 Å². The average Bonchev–Trinajstić information content (AvgIpc) is 3.16. The molecule has 0 aliphatic heterocycles. The van der Waals surface area contributed by atoms with E-state index in [2.05, 4.69) is 19.1 Å². The van der Waals surface area contributed by atoms with Gasteiger partial charge < -0.3 is 19.0 Å². The first-order valence-electron chi connectivity index (χ1n) is 11.7. The van der Waals surface area contributed by atoms with Crippen LogP contribution in [-0.2, 0) is 32.2 Å². The zero-order valence-electron chi connectivity index (χ0n) is 18.7. The van der Waals surface area contributed by atoms with E-state index in [0.717, 1.165) is 30.3 Å². The number of benzene rings is 2. The zero-order chi connectivity index (χ0) is 21.7. The number of hydrogen-bond donors (Lipinski definition) is 0. The fourth-order valence-corrected chi connectivity index (χ4v) is 4.19. The van der Waals surface area contributed by atoms with Gasteiger partial charge in [0, 0.05) is 13.0 Å². The van der Waals surface area contributed by atoms with E-state index in [1.165, 1.54) is 19.3 Å². The van der Waals surface area contributed by atoms with Crippen LogP contribution in [0.2, 0.25) is 0 Å². The van der Waals surface area contributed by atoms with Gasteiger partial charge in [-0.15, -0.1) is 0 Å². The molecule has 0 amide bonds. The van der Waals surface area contributed by atoms with Crippen LogP contribution in [0.4, 0.5) is 0 Å². The SMILES string of the molecule is CCCCCCCOC1C(OCc2ccccc2)CC(OCc2ccccc2)C1C=O. The van der Waals surface area contributed by atoms with Crippen molar-refractivity contribution in [2.75, 3.05) is 6.61 Å². The normalized spacial score (nSPS) is 23.1. The van der Waals surface area contributed by atoms with Crippen molar-refractivity contribution in [3.8, 4) is 0 Å². The Morgan fingerprint density at radius 1 is 0.774 bits per heavy atom. The Labute approximate surface area is 186 Å². The predicted octanol–water partition coefficient (Wildman–Crippen LogP) is 5.73. The van der Waals surface area contributed by atoms with Crippen molar-refractivity contribution in [1.82, 2.24) is 0 Å². The van der Waals surface area contributed by atoms with Crippen molar-refractivity contribution in [2.45, 2.75) is 77.0 Å². The van der Waals surface area contributed by atoms with Gasteiger partial charge in [-0.05, 0) is 17.5 Å². The van der Waals surface area contributed by atoms with E-state index in [1.54, 1.807) is 0 Å². The van der Waals surface area contributed by atoms with Crippen LogP contribution in [0.15, 0.2) is 60.7 Å². The van der Waals surface area contributed by atoms with Crippen LogP contribution in [0, 0.1) is 5.92 Å². The minimum atomic E-state index is -0.305. The maximum absolute atomic E-state index is 12.0. The standard InChI is InChI=1S/C27H36O4/c1-2-3-4-5-12-17-29-27-24(19-28)25(30-20-22-13-8-6-9-14-22)18-26(27)31-21-23-15-10-7-11-16-23/h6-11,13-16,19,24-27H,2-5,12,17-18,20-21H2,1H3. The highest BCUT2D eigenvalue weighted by atomic mass is 16.6. The van der Waals surface area contributed by atoms with Gasteiger partial charge in [0.2, 0.25) is 0 Å². The third-order valence-corrected chi connectivity index (χ3v) is 5.97. The number of carbonyl (C=O) groups is 1. The predicted molar refractivity (Wildman–Crippen MR) is 123 cm³/mol. The van der Waals surface area contributed by atoms with Crippen molar-refractivity contribution < 1.29 is 19.0 Å². The topological polar surface area (TPSA) is 44.8 Å². The molecule has 1 saturated carbocycles. The van der Waals surface area contributed by atoms with E-state index < -0.39 is 0 Å². The molecule has 4 unspecified atom stereocenters. The molecule has 3 rings (SSSR count). The lowest BCUT2D eigenvalue weighted by atomic mass is 10.1. The van der Waals surface area contributed by atoms with E-state index in [9.17, 15) is 4.79 Å². The first kappa shape index (κ1) is 23.6. The van der Waals surface area contributed by atoms with Gasteiger partial charge in [-0.3, -0.25) is 0 Å². The molecule has 0 N–H and O–H groups in total. The van der Waals surface area contributed by atoms with Crippen molar-refractivity contribution >= 4 is 6.29 Å². The highest BCUT2D eigenvalue weighted by molar-refractivity contribution is 5.57. The first-order valence-corrected chi connectivity index (χ1v) is 11.7. The molecule has 2 aromatic rings. The molecule has 0 radical (unpaired) electrons. The Balaban J connectivity index is 1.58. The van der Waals surface area contributed by atoms with Gasteiger partial charge in [-0.2, -0.15) is 0 Å². The van der Waals surface area contributed by atoms with Gasteiger partial charge in [0.15, 0.2) is 0 Å². The molecule has 1 aliphatic rings. The third kappa shape index (κ3) is 7.57. The van der Waals surface area contributed by atoms with E-state index in [1.807, 2.05) is 48.5 Å².